The van der Waals surface area contributed by atoms with Crippen LogP contribution in [-0.2, 0) is 4.79 Å². The maximum Gasteiger partial charge on any atom is 0.234 e. The van der Waals surface area contributed by atoms with Crippen LogP contribution in [0.25, 0.3) is 0 Å². The number of nitrogens with two attached hydrogens (primary N) is 1. The number of hydrogen-bond donors (Lipinski definition) is 2. The van der Waals surface area contributed by atoms with Crippen molar-refractivity contribution in [2.45, 2.75) is 25.8 Å². The van der Waals surface area contributed by atoms with Crippen molar-refractivity contribution in [1.29, 1.82) is 0 Å². The summed E-state index contributed by atoms with van der Waals surface area (Å²) in [6.45, 7) is 5.15. The summed E-state index contributed by atoms with van der Waals surface area (Å²) >= 11 is 0. The first-order valence-corrected chi connectivity index (χ1v) is 4.97. The van der Waals surface area contributed by atoms with Crippen LogP contribution in [0.15, 0.2) is 0 Å². The van der Waals surface area contributed by atoms with Crippen LogP contribution in [0.4, 0.5) is 0 Å². The maximum atomic E-state index is 11.3. The first-order valence-electron chi connectivity index (χ1n) is 4.97. The van der Waals surface area contributed by atoms with Crippen LogP contribution in [0.3, 0.4) is 0 Å². The zero-order valence-electron chi connectivity index (χ0n) is 8.25. The molecule has 0 spiro atoms. The van der Waals surface area contributed by atoms with Gasteiger partial charge in [0.1, 0.15) is 0 Å². The number of amides is 1. The average molecular weight is 185 g/mol. The number of carbonyl (C=O) groups excluding carboxylic acids is 1. The molecule has 0 radical (unpaired) electrons. The van der Waals surface area contributed by atoms with E-state index in [1.54, 1.807) is 0 Å². The zero-order chi connectivity index (χ0) is 9.68. The van der Waals surface area contributed by atoms with Crippen LogP contribution >= 0.6 is 0 Å². The molecule has 1 heterocycles. The van der Waals surface area contributed by atoms with E-state index in [9.17, 15) is 4.79 Å². The highest BCUT2D eigenvalue weighted by atomic mass is 16.2. The second-order valence-electron chi connectivity index (χ2n) is 3.63. The molecule has 1 aliphatic rings. The van der Waals surface area contributed by atoms with Gasteiger partial charge in [0.05, 0.1) is 6.54 Å². The monoisotopic (exact) mass is 185 g/mol. The molecule has 1 saturated heterocycles. The van der Waals surface area contributed by atoms with Gasteiger partial charge in [0, 0.05) is 25.7 Å². The minimum atomic E-state index is 0.121. The van der Waals surface area contributed by atoms with E-state index in [1.807, 2.05) is 6.92 Å². The molecule has 1 atom stereocenters. The second kappa shape index (κ2) is 5.19. The Bertz CT molecular complexity index is 172. The fraction of sp³-hybridized carbons (Fsp3) is 0.889. The molecule has 3 N–H and O–H groups in total. The molecular weight excluding hydrogens is 166 g/mol. The van der Waals surface area contributed by atoms with Crippen LogP contribution in [0, 0.1) is 0 Å². The lowest BCUT2D eigenvalue weighted by molar-refractivity contribution is -0.122. The van der Waals surface area contributed by atoms with E-state index in [1.165, 1.54) is 0 Å². The molecule has 1 amide bonds. The van der Waals surface area contributed by atoms with Gasteiger partial charge in [-0.1, -0.05) is 6.92 Å². The number of likely N-dealkylation sites (tertiary alicyclic amines) is 1. The summed E-state index contributed by atoms with van der Waals surface area (Å²) in [5.74, 6) is 0.121. The minimum absolute atomic E-state index is 0.121. The van der Waals surface area contributed by atoms with Gasteiger partial charge in [-0.15, -0.1) is 0 Å². The second-order valence-corrected chi connectivity index (χ2v) is 3.63. The molecule has 0 saturated carbocycles. The molecule has 0 aromatic heterocycles. The van der Waals surface area contributed by atoms with Crippen LogP contribution < -0.4 is 11.1 Å². The highest BCUT2D eigenvalue weighted by molar-refractivity contribution is 5.78. The SMILES string of the molecule is CCCNC(=O)CN1CCC(N)C1. The summed E-state index contributed by atoms with van der Waals surface area (Å²) in [6.07, 6.45) is 2.01. The molecule has 4 heteroatoms. The van der Waals surface area contributed by atoms with Crippen LogP contribution in [-0.4, -0.2) is 43.0 Å². The normalized spacial score (nSPS) is 23.4. The highest BCUT2D eigenvalue weighted by Crippen LogP contribution is 2.05. The van der Waals surface area contributed by atoms with E-state index < -0.39 is 0 Å². The lowest BCUT2D eigenvalue weighted by atomic mass is 10.3. The third kappa shape index (κ3) is 3.74. The molecule has 1 fully saturated rings. The Kier molecular flexibility index (Phi) is 4.18. The van der Waals surface area contributed by atoms with Gasteiger partial charge < -0.3 is 11.1 Å². The predicted molar refractivity (Wildman–Crippen MR) is 52.3 cm³/mol. The van der Waals surface area contributed by atoms with Crippen molar-refractivity contribution in [3.8, 4) is 0 Å². The smallest absolute Gasteiger partial charge is 0.234 e. The van der Waals surface area contributed by atoms with Crippen molar-refractivity contribution in [2.75, 3.05) is 26.2 Å². The van der Waals surface area contributed by atoms with E-state index in [4.69, 9.17) is 5.73 Å². The summed E-state index contributed by atoms with van der Waals surface area (Å²) in [5.41, 5.74) is 5.73. The van der Waals surface area contributed by atoms with E-state index in [-0.39, 0.29) is 11.9 Å². The van der Waals surface area contributed by atoms with Gasteiger partial charge in [0.25, 0.3) is 0 Å². The van der Waals surface area contributed by atoms with Crippen molar-refractivity contribution >= 4 is 5.91 Å². The largest absolute Gasteiger partial charge is 0.355 e. The molecular formula is C9H19N3O. The lowest BCUT2D eigenvalue weighted by Crippen LogP contribution is -2.37. The molecule has 13 heavy (non-hydrogen) atoms. The predicted octanol–water partition coefficient (Wildman–Crippen LogP) is -0.454. The van der Waals surface area contributed by atoms with Crippen LogP contribution in [0.2, 0.25) is 0 Å². The molecule has 0 aliphatic carbocycles. The quantitative estimate of drug-likeness (QED) is 0.623. The molecule has 0 aromatic rings. The molecule has 1 unspecified atom stereocenters. The Morgan fingerprint density at radius 2 is 2.46 bits per heavy atom. The minimum Gasteiger partial charge on any atom is -0.355 e. The van der Waals surface area contributed by atoms with Crippen LogP contribution in [0.5, 0.6) is 0 Å². The molecule has 0 aromatic carbocycles. The van der Waals surface area contributed by atoms with Gasteiger partial charge in [-0.2, -0.15) is 0 Å². The van der Waals surface area contributed by atoms with Gasteiger partial charge in [-0.25, -0.2) is 0 Å². The highest BCUT2D eigenvalue weighted by Gasteiger charge is 2.20. The van der Waals surface area contributed by atoms with Crippen molar-refractivity contribution in [3.05, 3.63) is 0 Å². The van der Waals surface area contributed by atoms with E-state index in [0.29, 0.717) is 6.54 Å². The molecule has 4 nitrogen and oxygen atoms in total. The van der Waals surface area contributed by atoms with Crippen molar-refractivity contribution in [2.24, 2.45) is 5.73 Å². The van der Waals surface area contributed by atoms with Crippen LogP contribution in [0.1, 0.15) is 19.8 Å². The summed E-state index contributed by atoms with van der Waals surface area (Å²) in [5, 5.41) is 2.85. The molecule has 76 valence electrons. The fourth-order valence-corrected chi connectivity index (χ4v) is 1.53. The Balaban J connectivity index is 2.13. The molecule has 1 rings (SSSR count). The summed E-state index contributed by atoms with van der Waals surface area (Å²) in [6, 6.07) is 0.263. The number of carbonyl (C=O) groups is 1. The topological polar surface area (TPSA) is 58.4 Å². The Hall–Kier alpha value is -0.610. The van der Waals surface area contributed by atoms with Crippen molar-refractivity contribution in [1.82, 2.24) is 10.2 Å². The summed E-state index contributed by atoms with van der Waals surface area (Å²) in [7, 11) is 0. The average Bonchev–Trinajstić information content (AvgIpc) is 2.48. The van der Waals surface area contributed by atoms with Gasteiger partial charge in [0.2, 0.25) is 5.91 Å². The van der Waals surface area contributed by atoms with E-state index in [0.717, 1.165) is 32.5 Å². The molecule has 0 bridgehead atoms. The Labute approximate surface area is 79.5 Å². The van der Waals surface area contributed by atoms with Crippen molar-refractivity contribution in [3.63, 3.8) is 0 Å². The number of nitrogens with one attached hydrogen (secondary N) is 1. The van der Waals surface area contributed by atoms with E-state index in [2.05, 4.69) is 10.2 Å². The van der Waals surface area contributed by atoms with Gasteiger partial charge in [-0.3, -0.25) is 9.69 Å². The number of rotatable bonds is 4. The first kappa shape index (κ1) is 10.5. The Morgan fingerprint density at radius 1 is 1.69 bits per heavy atom. The zero-order valence-corrected chi connectivity index (χ0v) is 8.25. The molecule has 1 aliphatic heterocycles. The van der Waals surface area contributed by atoms with E-state index >= 15 is 0 Å². The van der Waals surface area contributed by atoms with Crippen molar-refractivity contribution < 1.29 is 4.79 Å². The van der Waals surface area contributed by atoms with Gasteiger partial charge in [0.15, 0.2) is 0 Å². The first-order chi connectivity index (χ1) is 6.22. The van der Waals surface area contributed by atoms with Gasteiger partial charge in [-0.05, 0) is 12.8 Å². The summed E-state index contributed by atoms with van der Waals surface area (Å²) in [4.78, 5) is 13.4. The Morgan fingerprint density at radius 3 is 3.00 bits per heavy atom. The lowest BCUT2D eigenvalue weighted by Gasteiger charge is -2.14. The standard InChI is InChI=1S/C9H19N3O/c1-2-4-11-9(13)7-12-5-3-8(10)6-12/h8H,2-7,10H2,1H3,(H,11,13). The summed E-state index contributed by atoms with van der Waals surface area (Å²) < 4.78 is 0. The fourth-order valence-electron chi connectivity index (χ4n) is 1.53. The third-order valence-corrected chi connectivity index (χ3v) is 2.25. The number of hydrogen-bond acceptors (Lipinski definition) is 3. The maximum absolute atomic E-state index is 11.3. The number of nitrogens with zero attached hydrogens (tertiary/aromatic N) is 1. The van der Waals surface area contributed by atoms with Gasteiger partial charge >= 0.3 is 0 Å². The third-order valence-electron chi connectivity index (χ3n) is 2.25.